The summed E-state index contributed by atoms with van der Waals surface area (Å²) in [6, 6.07) is 12.0. The van der Waals surface area contributed by atoms with Gasteiger partial charge in [-0.25, -0.2) is 8.42 Å². The van der Waals surface area contributed by atoms with Crippen LogP contribution in [0.1, 0.15) is 6.42 Å². The molecule has 0 bridgehead atoms. The lowest BCUT2D eigenvalue weighted by atomic mass is 10.2. The summed E-state index contributed by atoms with van der Waals surface area (Å²) in [7, 11) is -2.17. The van der Waals surface area contributed by atoms with Crippen molar-refractivity contribution < 1.29 is 27.4 Å². The van der Waals surface area contributed by atoms with Gasteiger partial charge >= 0.3 is 0 Å². The molecule has 2 aliphatic rings. The van der Waals surface area contributed by atoms with Gasteiger partial charge in [0.2, 0.25) is 10.0 Å². The van der Waals surface area contributed by atoms with Crippen molar-refractivity contribution in [2.75, 3.05) is 33.4 Å². The van der Waals surface area contributed by atoms with E-state index in [1.54, 1.807) is 12.1 Å². The van der Waals surface area contributed by atoms with E-state index in [0.29, 0.717) is 36.2 Å². The first kappa shape index (κ1) is 17.9. The van der Waals surface area contributed by atoms with Gasteiger partial charge in [-0.1, -0.05) is 12.1 Å². The lowest BCUT2D eigenvalue weighted by Gasteiger charge is -2.29. The summed E-state index contributed by atoms with van der Waals surface area (Å²) >= 11 is 0. The Kier molecular flexibility index (Phi) is 4.84. The molecule has 0 aromatic heterocycles. The fourth-order valence-corrected chi connectivity index (χ4v) is 4.24. The monoisotopic (exact) mass is 391 g/mol. The maximum Gasteiger partial charge on any atom is 0.243 e. The molecule has 0 radical (unpaired) electrons. The highest BCUT2D eigenvalue weighted by molar-refractivity contribution is 7.89. The fraction of sp³-hybridized carbons (Fsp3) is 0.368. The predicted molar refractivity (Wildman–Crippen MR) is 98.2 cm³/mol. The zero-order chi connectivity index (χ0) is 18.9. The number of nitrogens with zero attached hydrogens (tertiary/aromatic N) is 1. The van der Waals surface area contributed by atoms with Crippen molar-refractivity contribution in [1.29, 1.82) is 0 Å². The van der Waals surface area contributed by atoms with E-state index in [4.69, 9.17) is 18.9 Å². The first-order chi connectivity index (χ1) is 13.0. The van der Waals surface area contributed by atoms with Crippen molar-refractivity contribution >= 4 is 10.0 Å². The topological polar surface area (TPSA) is 74.3 Å². The van der Waals surface area contributed by atoms with E-state index in [9.17, 15) is 8.42 Å². The van der Waals surface area contributed by atoms with Gasteiger partial charge in [0.15, 0.2) is 23.0 Å². The Morgan fingerprint density at radius 1 is 0.963 bits per heavy atom. The quantitative estimate of drug-likeness (QED) is 0.796. The molecule has 0 saturated heterocycles. The molecule has 0 saturated carbocycles. The molecule has 0 spiro atoms. The van der Waals surface area contributed by atoms with E-state index < -0.39 is 10.0 Å². The molecule has 2 aromatic rings. The van der Waals surface area contributed by atoms with Crippen molar-refractivity contribution in [2.24, 2.45) is 0 Å². The Balaban J connectivity index is 1.50. The number of hydrogen-bond acceptors (Lipinski definition) is 6. The zero-order valence-corrected chi connectivity index (χ0v) is 15.8. The van der Waals surface area contributed by atoms with Crippen LogP contribution in [0.3, 0.4) is 0 Å². The van der Waals surface area contributed by atoms with E-state index in [0.717, 1.165) is 6.42 Å². The van der Waals surface area contributed by atoms with Crippen LogP contribution in [-0.2, 0) is 10.0 Å². The smallest absolute Gasteiger partial charge is 0.243 e. The van der Waals surface area contributed by atoms with Crippen LogP contribution in [-0.4, -0.2) is 52.2 Å². The van der Waals surface area contributed by atoms with Gasteiger partial charge in [0.25, 0.3) is 0 Å². The predicted octanol–water partition coefficient (Wildman–Crippen LogP) is 2.31. The molecule has 0 aliphatic carbocycles. The van der Waals surface area contributed by atoms with Gasteiger partial charge in [-0.2, -0.15) is 4.31 Å². The van der Waals surface area contributed by atoms with E-state index >= 15 is 0 Å². The van der Waals surface area contributed by atoms with Crippen LogP contribution in [0.15, 0.2) is 47.4 Å². The molecule has 2 aliphatic heterocycles. The summed E-state index contributed by atoms with van der Waals surface area (Å²) < 4.78 is 49.9. The number of para-hydroxylation sites is 2. The van der Waals surface area contributed by atoms with E-state index in [-0.39, 0.29) is 24.2 Å². The molecule has 27 heavy (non-hydrogen) atoms. The summed E-state index contributed by atoms with van der Waals surface area (Å²) in [5.74, 6) is 2.31. The number of likely N-dealkylation sites (N-methyl/N-ethyl adjacent to an activating group) is 1. The molecular formula is C19H21NO6S. The lowest BCUT2D eigenvalue weighted by Crippen LogP contribution is -2.41. The zero-order valence-electron chi connectivity index (χ0n) is 15.0. The average Bonchev–Trinajstić information content (AvgIpc) is 2.92. The van der Waals surface area contributed by atoms with Gasteiger partial charge < -0.3 is 18.9 Å². The summed E-state index contributed by atoms with van der Waals surface area (Å²) in [4.78, 5) is 0.159. The summed E-state index contributed by atoms with van der Waals surface area (Å²) in [6.07, 6.45) is 0.372. The van der Waals surface area contributed by atoms with E-state index in [2.05, 4.69) is 0 Å². The Labute approximate surface area is 158 Å². The highest BCUT2D eigenvalue weighted by Gasteiger charge is 2.29. The first-order valence-electron chi connectivity index (χ1n) is 8.78. The van der Waals surface area contributed by atoms with Crippen molar-refractivity contribution in [3.8, 4) is 23.0 Å². The Bertz CT molecular complexity index is 930. The van der Waals surface area contributed by atoms with Gasteiger partial charge in [0.1, 0.15) is 12.7 Å². The number of rotatable bonds is 4. The standard InChI is InChI=1S/C19H21NO6S/c1-20(12-14-13-25-16-5-2-3-6-18(16)26-14)27(21,22)15-7-8-17-19(11-15)24-10-4-9-23-17/h2-3,5-8,11,14H,4,9-10,12-13H2,1H3. The maximum absolute atomic E-state index is 13.0. The number of fused-ring (bicyclic) bond motifs is 2. The van der Waals surface area contributed by atoms with Gasteiger partial charge in [0.05, 0.1) is 24.7 Å². The molecule has 8 heteroatoms. The fourth-order valence-electron chi connectivity index (χ4n) is 3.02. The summed E-state index contributed by atoms with van der Waals surface area (Å²) in [5.41, 5.74) is 0. The molecule has 0 amide bonds. The number of benzene rings is 2. The number of sulfonamides is 1. The molecule has 7 nitrogen and oxygen atoms in total. The highest BCUT2D eigenvalue weighted by atomic mass is 32.2. The second-order valence-corrected chi connectivity index (χ2v) is 8.49. The van der Waals surface area contributed by atoms with Crippen molar-refractivity contribution in [1.82, 2.24) is 4.31 Å². The minimum Gasteiger partial charge on any atom is -0.490 e. The molecule has 1 unspecified atom stereocenters. The van der Waals surface area contributed by atoms with Gasteiger partial charge in [-0.3, -0.25) is 0 Å². The average molecular weight is 391 g/mol. The van der Waals surface area contributed by atoms with Crippen LogP contribution in [0.2, 0.25) is 0 Å². The summed E-state index contributed by atoms with van der Waals surface area (Å²) in [6.45, 7) is 1.52. The SMILES string of the molecule is CN(CC1COc2ccccc2O1)S(=O)(=O)c1ccc2c(c1)OCCCO2. The maximum atomic E-state index is 13.0. The molecule has 0 fully saturated rings. The second-order valence-electron chi connectivity index (χ2n) is 6.44. The molecular weight excluding hydrogens is 370 g/mol. The Hall–Kier alpha value is -2.45. The van der Waals surface area contributed by atoms with Crippen molar-refractivity contribution in [2.45, 2.75) is 17.4 Å². The Morgan fingerprint density at radius 3 is 2.48 bits per heavy atom. The minimum atomic E-state index is -3.70. The lowest BCUT2D eigenvalue weighted by molar-refractivity contribution is 0.0798. The van der Waals surface area contributed by atoms with E-state index in [1.807, 2.05) is 18.2 Å². The largest absolute Gasteiger partial charge is 0.490 e. The first-order valence-corrected chi connectivity index (χ1v) is 10.2. The molecule has 1 atom stereocenters. The van der Waals surface area contributed by atoms with Gasteiger partial charge in [-0.05, 0) is 24.3 Å². The van der Waals surface area contributed by atoms with Gasteiger partial charge in [0, 0.05) is 19.5 Å². The van der Waals surface area contributed by atoms with Crippen LogP contribution in [0.25, 0.3) is 0 Å². The number of ether oxygens (including phenoxy) is 4. The molecule has 2 heterocycles. The van der Waals surface area contributed by atoms with Crippen LogP contribution >= 0.6 is 0 Å². The normalized spacial score (nSPS) is 18.8. The van der Waals surface area contributed by atoms with Gasteiger partial charge in [-0.15, -0.1) is 0 Å². The highest BCUT2D eigenvalue weighted by Crippen LogP contribution is 2.34. The minimum absolute atomic E-state index is 0.159. The summed E-state index contributed by atoms with van der Waals surface area (Å²) in [5, 5.41) is 0. The second kappa shape index (κ2) is 7.28. The third-order valence-corrected chi connectivity index (χ3v) is 6.27. The molecule has 144 valence electrons. The van der Waals surface area contributed by atoms with Crippen LogP contribution in [0, 0.1) is 0 Å². The van der Waals surface area contributed by atoms with Crippen molar-refractivity contribution in [3.05, 3.63) is 42.5 Å². The van der Waals surface area contributed by atoms with Crippen LogP contribution in [0.4, 0.5) is 0 Å². The van der Waals surface area contributed by atoms with E-state index in [1.165, 1.54) is 23.5 Å². The third-order valence-electron chi connectivity index (χ3n) is 4.46. The molecule has 0 N–H and O–H groups in total. The molecule has 4 rings (SSSR count). The van der Waals surface area contributed by atoms with Crippen LogP contribution in [0.5, 0.6) is 23.0 Å². The van der Waals surface area contributed by atoms with Crippen LogP contribution < -0.4 is 18.9 Å². The third kappa shape index (κ3) is 3.68. The Morgan fingerprint density at radius 2 is 1.67 bits per heavy atom. The van der Waals surface area contributed by atoms with Crippen molar-refractivity contribution in [3.63, 3.8) is 0 Å². The number of hydrogen-bond donors (Lipinski definition) is 0. The molecule has 2 aromatic carbocycles.